The highest BCUT2D eigenvalue weighted by Gasteiger charge is 2.32. The molecule has 0 spiro atoms. The molecule has 0 aliphatic carbocycles. The largest absolute Gasteiger partial charge is 0.480 e. The summed E-state index contributed by atoms with van der Waals surface area (Å²) in [6.45, 7) is 0.824. The number of nitrogens with zero attached hydrogens (tertiary/aromatic N) is 1. The zero-order valence-electron chi connectivity index (χ0n) is 11.0. The Morgan fingerprint density at radius 3 is 2.80 bits per heavy atom. The van der Waals surface area contributed by atoms with Gasteiger partial charge in [-0.1, -0.05) is 30.3 Å². The van der Waals surface area contributed by atoms with Gasteiger partial charge in [-0.3, -0.25) is 4.79 Å². The van der Waals surface area contributed by atoms with E-state index in [2.05, 4.69) is 0 Å². The molecule has 1 N–H and O–H groups in total. The highest BCUT2D eigenvalue weighted by atomic mass is 32.2. The summed E-state index contributed by atoms with van der Waals surface area (Å²) in [5, 5.41) is 9.08. The molecular formula is C14H17NO4S. The van der Waals surface area contributed by atoms with Crippen LogP contribution in [0.25, 0.3) is 0 Å². The summed E-state index contributed by atoms with van der Waals surface area (Å²) in [5.41, 5.74) is 1.15. The van der Waals surface area contributed by atoms with Crippen molar-refractivity contribution in [1.29, 1.82) is 0 Å². The van der Waals surface area contributed by atoms with Gasteiger partial charge in [0.05, 0.1) is 19.0 Å². The van der Waals surface area contributed by atoms with Crippen LogP contribution in [0.5, 0.6) is 0 Å². The van der Waals surface area contributed by atoms with Crippen molar-refractivity contribution in [2.75, 3.05) is 25.5 Å². The number of carboxylic acids is 1. The Hall–Kier alpha value is -1.53. The lowest BCUT2D eigenvalue weighted by atomic mass is 10.2. The number of carbonyl (C=O) groups is 2. The van der Waals surface area contributed by atoms with E-state index < -0.39 is 12.0 Å². The average Bonchev–Trinajstić information content (AvgIpc) is 2.48. The number of ether oxygens (including phenoxy) is 1. The number of thioether (sulfide) groups is 1. The van der Waals surface area contributed by atoms with Crippen molar-refractivity contribution in [3.63, 3.8) is 0 Å². The van der Waals surface area contributed by atoms with Crippen LogP contribution in [-0.2, 0) is 20.1 Å². The molecule has 0 saturated carbocycles. The van der Waals surface area contributed by atoms with Crippen molar-refractivity contribution in [1.82, 2.24) is 4.90 Å². The highest BCUT2D eigenvalue weighted by Crippen LogP contribution is 2.15. The number of amides is 1. The molecule has 1 heterocycles. The summed E-state index contributed by atoms with van der Waals surface area (Å²) in [6, 6.07) is 9.03. The van der Waals surface area contributed by atoms with E-state index in [4.69, 9.17) is 9.84 Å². The van der Waals surface area contributed by atoms with Gasteiger partial charge in [0.25, 0.3) is 0 Å². The second-order valence-electron chi connectivity index (χ2n) is 4.49. The summed E-state index contributed by atoms with van der Waals surface area (Å²) in [7, 11) is 0. The standard InChI is InChI=1S/C14H17NO4S/c16-13(10-20-9-11-4-2-1-3-5-11)15-6-7-19-8-12(15)14(17)18/h1-5,12H,6-10H2,(H,17,18). The number of aliphatic carboxylic acids is 1. The molecule has 1 aromatic carbocycles. The maximum atomic E-state index is 12.1. The topological polar surface area (TPSA) is 66.8 Å². The van der Waals surface area contributed by atoms with E-state index in [1.165, 1.54) is 16.7 Å². The van der Waals surface area contributed by atoms with E-state index in [1.807, 2.05) is 30.3 Å². The van der Waals surface area contributed by atoms with Crippen LogP contribution in [-0.4, -0.2) is 53.4 Å². The molecule has 1 fully saturated rings. The molecule has 0 bridgehead atoms. The molecular weight excluding hydrogens is 278 g/mol. The van der Waals surface area contributed by atoms with Crippen LogP contribution in [0.1, 0.15) is 5.56 Å². The Labute approximate surface area is 121 Å². The molecule has 1 atom stereocenters. The average molecular weight is 295 g/mol. The van der Waals surface area contributed by atoms with Crippen LogP contribution < -0.4 is 0 Å². The fourth-order valence-electron chi connectivity index (χ4n) is 2.02. The van der Waals surface area contributed by atoms with Gasteiger partial charge in [0.2, 0.25) is 5.91 Å². The maximum absolute atomic E-state index is 12.1. The smallest absolute Gasteiger partial charge is 0.328 e. The number of carboxylic acid groups (broad SMARTS) is 1. The van der Waals surface area contributed by atoms with E-state index in [9.17, 15) is 9.59 Å². The van der Waals surface area contributed by atoms with Gasteiger partial charge < -0.3 is 14.7 Å². The first-order chi connectivity index (χ1) is 9.68. The Morgan fingerprint density at radius 2 is 2.10 bits per heavy atom. The van der Waals surface area contributed by atoms with Gasteiger partial charge in [-0.15, -0.1) is 11.8 Å². The zero-order chi connectivity index (χ0) is 14.4. The summed E-state index contributed by atoms with van der Waals surface area (Å²) >= 11 is 1.50. The number of rotatable bonds is 5. The Balaban J connectivity index is 1.83. The zero-order valence-corrected chi connectivity index (χ0v) is 11.8. The first kappa shape index (κ1) is 14.9. The van der Waals surface area contributed by atoms with E-state index >= 15 is 0 Å². The monoisotopic (exact) mass is 295 g/mol. The molecule has 1 amide bonds. The lowest BCUT2D eigenvalue weighted by Crippen LogP contribution is -2.53. The third-order valence-corrected chi connectivity index (χ3v) is 4.06. The van der Waals surface area contributed by atoms with Crippen molar-refractivity contribution in [2.45, 2.75) is 11.8 Å². The van der Waals surface area contributed by atoms with Crippen LogP contribution in [0.15, 0.2) is 30.3 Å². The van der Waals surface area contributed by atoms with Crippen molar-refractivity contribution in [3.8, 4) is 0 Å². The van der Waals surface area contributed by atoms with E-state index in [0.29, 0.717) is 18.9 Å². The summed E-state index contributed by atoms with van der Waals surface area (Å²) in [4.78, 5) is 24.6. The Morgan fingerprint density at radius 1 is 1.35 bits per heavy atom. The molecule has 20 heavy (non-hydrogen) atoms. The Kier molecular flexibility index (Phi) is 5.43. The first-order valence-electron chi connectivity index (χ1n) is 6.40. The lowest BCUT2D eigenvalue weighted by Gasteiger charge is -2.32. The van der Waals surface area contributed by atoms with Crippen molar-refractivity contribution in [2.24, 2.45) is 0 Å². The molecule has 1 unspecified atom stereocenters. The van der Waals surface area contributed by atoms with Crippen molar-refractivity contribution < 1.29 is 19.4 Å². The molecule has 1 aromatic rings. The minimum atomic E-state index is -1.01. The number of carbonyl (C=O) groups excluding carboxylic acids is 1. The van der Waals surface area contributed by atoms with Crippen LogP contribution in [0.3, 0.4) is 0 Å². The first-order valence-corrected chi connectivity index (χ1v) is 7.55. The SMILES string of the molecule is O=C(O)C1COCCN1C(=O)CSCc1ccccc1. The number of hydrogen-bond donors (Lipinski definition) is 1. The van der Waals surface area contributed by atoms with Crippen molar-refractivity contribution >= 4 is 23.6 Å². The highest BCUT2D eigenvalue weighted by molar-refractivity contribution is 7.99. The molecule has 1 aliphatic rings. The fraction of sp³-hybridized carbons (Fsp3) is 0.429. The summed E-state index contributed by atoms with van der Waals surface area (Å²) in [5.74, 6) is -0.111. The molecule has 1 saturated heterocycles. The molecule has 2 rings (SSSR count). The molecule has 5 nitrogen and oxygen atoms in total. The van der Waals surface area contributed by atoms with Gasteiger partial charge in [0.15, 0.2) is 6.04 Å². The predicted octanol–water partition coefficient (Wildman–Crippen LogP) is 1.23. The van der Waals surface area contributed by atoms with Crippen LogP contribution in [0.2, 0.25) is 0 Å². The minimum Gasteiger partial charge on any atom is -0.480 e. The van der Waals surface area contributed by atoms with E-state index in [0.717, 1.165) is 11.3 Å². The van der Waals surface area contributed by atoms with Gasteiger partial charge in [0.1, 0.15) is 0 Å². The van der Waals surface area contributed by atoms with Crippen LogP contribution >= 0.6 is 11.8 Å². The predicted molar refractivity (Wildman–Crippen MR) is 76.6 cm³/mol. The summed E-state index contributed by atoms with van der Waals surface area (Å²) in [6.07, 6.45) is 0. The molecule has 108 valence electrons. The molecule has 1 aliphatic heterocycles. The van der Waals surface area contributed by atoms with Gasteiger partial charge in [0, 0.05) is 12.3 Å². The molecule has 6 heteroatoms. The van der Waals surface area contributed by atoms with E-state index in [-0.39, 0.29) is 12.5 Å². The Bertz CT molecular complexity index is 466. The van der Waals surface area contributed by atoms with Gasteiger partial charge in [-0.25, -0.2) is 4.79 Å². The molecule has 0 radical (unpaired) electrons. The lowest BCUT2D eigenvalue weighted by molar-refractivity contribution is -0.157. The quantitative estimate of drug-likeness (QED) is 0.885. The minimum absolute atomic E-state index is 0.0738. The van der Waals surface area contributed by atoms with Gasteiger partial charge in [-0.2, -0.15) is 0 Å². The van der Waals surface area contributed by atoms with E-state index in [1.54, 1.807) is 0 Å². The molecule has 0 aromatic heterocycles. The van der Waals surface area contributed by atoms with Crippen LogP contribution in [0, 0.1) is 0 Å². The third kappa shape index (κ3) is 3.98. The normalized spacial score (nSPS) is 18.8. The number of benzene rings is 1. The second-order valence-corrected chi connectivity index (χ2v) is 5.48. The van der Waals surface area contributed by atoms with Gasteiger partial charge >= 0.3 is 5.97 Å². The summed E-state index contributed by atoms with van der Waals surface area (Å²) < 4.78 is 5.12. The number of hydrogen-bond acceptors (Lipinski definition) is 4. The second kappa shape index (κ2) is 7.31. The van der Waals surface area contributed by atoms with Crippen LogP contribution in [0.4, 0.5) is 0 Å². The number of morpholine rings is 1. The maximum Gasteiger partial charge on any atom is 0.328 e. The third-order valence-electron chi connectivity index (χ3n) is 3.07. The van der Waals surface area contributed by atoms with Crippen molar-refractivity contribution in [3.05, 3.63) is 35.9 Å². The van der Waals surface area contributed by atoms with Gasteiger partial charge in [-0.05, 0) is 5.56 Å². The fourth-order valence-corrected chi connectivity index (χ4v) is 2.89.